The molecular weight excluding hydrogens is 699 g/mol. The quantitative estimate of drug-likeness (QED) is 0.174. The van der Waals surface area contributed by atoms with Gasteiger partial charge in [0.1, 0.15) is 11.2 Å². The molecule has 10 aromatic rings. The Balaban J connectivity index is 0.000000766. The Bertz CT molecular complexity index is 2880. The fourth-order valence-electron chi connectivity index (χ4n) is 7.60. The van der Waals surface area contributed by atoms with E-state index >= 15 is 0 Å². The predicted octanol–water partition coefficient (Wildman–Crippen LogP) is 15.9. The molecule has 2 heterocycles. The summed E-state index contributed by atoms with van der Waals surface area (Å²) in [5.74, 6) is 0. The third-order valence-corrected chi connectivity index (χ3v) is 9.99. The van der Waals surface area contributed by atoms with Crippen LogP contribution in [-0.4, -0.2) is 10.8 Å². The minimum atomic E-state index is 0.913. The van der Waals surface area contributed by atoms with Crippen LogP contribution in [0.25, 0.3) is 93.9 Å². The molecule has 10 rings (SSSR count). The van der Waals surface area contributed by atoms with Crippen LogP contribution in [-0.2, 0) is 0 Å². The number of fused-ring (bicyclic) bond motifs is 6. The monoisotopic (exact) mass is 745 g/mol. The Labute approximate surface area is 336 Å². The minimum Gasteiger partial charge on any atom is -0.455 e. The van der Waals surface area contributed by atoms with Crippen molar-refractivity contribution in [2.75, 3.05) is 6.26 Å². The van der Waals surface area contributed by atoms with E-state index in [1.54, 1.807) is 6.26 Å². The summed E-state index contributed by atoms with van der Waals surface area (Å²) in [7, 11) is 0. The highest BCUT2D eigenvalue weighted by Gasteiger charge is 2.16. The molecule has 2 aromatic heterocycles. The molecule has 0 aliphatic rings. The third-order valence-electron chi connectivity index (χ3n) is 9.99. The van der Waals surface area contributed by atoms with Crippen molar-refractivity contribution in [2.24, 2.45) is 0 Å². The van der Waals surface area contributed by atoms with Crippen LogP contribution in [0.15, 0.2) is 192 Å². The van der Waals surface area contributed by atoms with Crippen LogP contribution in [0.2, 0.25) is 0 Å². The second-order valence-corrected chi connectivity index (χ2v) is 12.9. The first-order valence-electron chi connectivity index (χ1n) is 19.5. The zero-order valence-corrected chi connectivity index (χ0v) is 33.6. The van der Waals surface area contributed by atoms with Crippen molar-refractivity contribution in [1.29, 1.82) is 0 Å². The van der Waals surface area contributed by atoms with E-state index in [4.69, 9.17) is 4.42 Å². The first-order valence-corrected chi connectivity index (χ1v) is 20.4. The molecular formula is C53H47NOS. The molecule has 2 nitrogen and oxygen atoms in total. The summed E-state index contributed by atoms with van der Waals surface area (Å²) in [6.45, 7) is 8.00. The van der Waals surface area contributed by atoms with Crippen LogP contribution in [0.3, 0.4) is 0 Å². The fraction of sp³-hybridized carbons (Fsp3) is 0.0943. The van der Waals surface area contributed by atoms with Crippen molar-refractivity contribution in [3.8, 4) is 50.2 Å². The SMILES string of the molecule is CC.CC.CS.c1ccc(-c2cccc(-c3cccc(-c4ccc5c(c4)c4ccccc4n5-c4cccc(-c5cccc6c5oc5ccccc56)c4)c3)c2)cc1. The third kappa shape index (κ3) is 7.14. The summed E-state index contributed by atoms with van der Waals surface area (Å²) < 4.78 is 8.81. The van der Waals surface area contributed by atoms with Crippen molar-refractivity contribution in [3.63, 3.8) is 0 Å². The standard InChI is InChI=1S/C48H31NO.2C2H6.CH4S/c1-2-12-32(13-3-1)33-14-8-15-34(28-33)35-16-9-17-36(29-35)37-26-27-46-44(31-37)41-20-4-6-24-45(41)49(46)39-19-10-18-38(30-39)40-22-11-23-43-42-21-5-7-25-47(42)50-48(40)43;3*1-2/h1-31H;2*1-2H3;2H,1H3. The zero-order chi connectivity index (χ0) is 39.0. The van der Waals surface area contributed by atoms with Crippen LogP contribution in [0.1, 0.15) is 27.7 Å². The summed E-state index contributed by atoms with van der Waals surface area (Å²) in [6.07, 6.45) is 1.69. The van der Waals surface area contributed by atoms with Crippen LogP contribution >= 0.6 is 12.6 Å². The lowest BCUT2D eigenvalue weighted by Gasteiger charge is -2.11. The van der Waals surface area contributed by atoms with Crippen molar-refractivity contribution >= 4 is 56.4 Å². The molecule has 0 fully saturated rings. The average molecular weight is 746 g/mol. The summed E-state index contributed by atoms with van der Waals surface area (Å²) in [6, 6.07) is 67.5. The van der Waals surface area contributed by atoms with E-state index in [2.05, 4.69) is 193 Å². The first-order chi connectivity index (χ1) is 27.8. The zero-order valence-electron chi connectivity index (χ0n) is 32.7. The van der Waals surface area contributed by atoms with Gasteiger partial charge < -0.3 is 8.98 Å². The van der Waals surface area contributed by atoms with E-state index < -0.39 is 0 Å². The van der Waals surface area contributed by atoms with Gasteiger partial charge in [0.15, 0.2) is 0 Å². The molecule has 0 atom stereocenters. The lowest BCUT2D eigenvalue weighted by molar-refractivity contribution is 0.670. The largest absolute Gasteiger partial charge is 0.455 e. The van der Waals surface area contributed by atoms with E-state index in [1.165, 1.54) is 55.2 Å². The molecule has 56 heavy (non-hydrogen) atoms. The van der Waals surface area contributed by atoms with Gasteiger partial charge in [-0.1, -0.05) is 167 Å². The molecule has 0 saturated heterocycles. The van der Waals surface area contributed by atoms with Crippen molar-refractivity contribution in [3.05, 3.63) is 188 Å². The second-order valence-electron chi connectivity index (χ2n) is 12.9. The maximum absolute atomic E-state index is 6.42. The Morgan fingerprint density at radius 2 is 0.857 bits per heavy atom. The molecule has 0 N–H and O–H groups in total. The molecule has 0 amide bonds. The normalized spacial score (nSPS) is 10.7. The molecule has 276 valence electrons. The molecule has 0 radical (unpaired) electrons. The number of aromatic nitrogens is 1. The summed E-state index contributed by atoms with van der Waals surface area (Å²) in [4.78, 5) is 0. The van der Waals surface area contributed by atoms with E-state index in [0.29, 0.717) is 0 Å². The van der Waals surface area contributed by atoms with Gasteiger partial charge in [0, 0.05) is 32.8 Å². The average Bonchev–Trinajstić information content (AvgIpc) is 3.85. The minimum absolute atomic E-state index is 0.913. The molecule has 0 spiro atoms. The number of nitrogens with zero attached hydrogens (tertiary/aromatic N) is 1. The predicted molar refractivity (Wildman–Crippen MR) is 247 cm³/mol. The molecule has 0 unspecified atom stereocenters. The summed E-state index contributed by atoms with van der Waals surface area (Å²) >= 11 is 3.53. The molecule has 0 aliphatic heterocycles. The van der Waals surface area contributed by atoms with Gasteiger partial charge in [-0.2, -0.15) is 12.6 Å². The topological polar surface area (TPSA) is 18.1 Å². The maximum Gasteiger partial charge on any atom is 0.143 e. The lowest BCUT2D eigenvalue weighted by atomic mass is 9.96. The van der Waals surface area contributed by atoms with Gasteiger partial charge in [0.2, 0.25) is 0 Å². The van der Waals surface area contributed by atoms with Gasteiger partial charge in [0.05, 0.1) is 11.0 Å². The number of para-hydroxylation sites is 3. The van der Waals surface area contributed by atoms with Gasteiger partial charge in [-0.05, 0) is 93.7 Å². The second kappa shape index (κ2) is 17.5. The van der Waals surface area contributed by atoms with Crippen molar-refractivity contribution < 1.29 is 4.42 Å². The van der Waals surface area contributed by atoms with Crippen molar-refractivity contribution in [1.82, 2.24) is 4.57 Å². The Kier molecular flexibility index (Phi) is 11.8. The maximum atomic E-state index is 6.42. The Morgan fingerprint density at radius 1 is 0.357 bits per heavy atom. The molecule has 8 aromatic carbocycles. The molecule has 0 aliphatic carbocycles. The van der Waals surface area contributed by atoms with E-state index in [0.717, 1.165) is 38.8 Å². The lowest BCUT2D eigenvalue weighted by Crippen LogP contribution is -1.94. The number of rotatable bonds is 5. The van der Waals surface area contributed by atoms with Crippen LogP contribution in [0, 0.1) is 0 Å². The van der Waals surface area contributed by atoms with Gasteiger partial charge in [-0.15, -0.1) is 0 Å². The van der Waals surface area contributed by atoms with Gasteiger partial charge in [-0.3, -0.25) is 0 Å². The number of hydrogen-bond donors (Lipinski definition) is 1. The van der Waals surface area contributed by atoms with Crippen LogP contribution < -0.4 is 0 Å². The number of thiol groups is 1. The van der Waals surface area contributed by atoms with Gasteiger partial charge >= 0.3 is 0 Å². The molecule has 0 saturated carbocycles. The van der Waals surface area contributed by atoms with Crippen LogP contribution in [0.4, 0.5) is 0 Å². The smallest absolute Gasteiger partial charge is 0.143 e. The number of furan rings is 1. The Morgan fingerprint density at radius 3 is 1.57 bits per heavy atom. The van der Waals surface area contributed by atoms with E-state index in [9.17, 15) is 0 Å². The first kappa shape index (κ1) is 38.0. The molecule has 0 bridgehead atoms. The van der Waals surface area contributed by atoms with Crippen molar-refractivity contribution in [2.45, 2.75) is 27.7 Å². The summed E-state index contributed by atoms with van der Waals surface area (Å²) in [5.41, 5.74) is 14.8. The van der Waals surface area contributed by atoms with Crippen LogP contribution in [0.5, 0.6) is 0 Å². The number of benzene rings is 8. The number of hydrogen-bond acceptors (Lipinski definition) is 2. The molecule has 3 heteroatoms. The van der Waals surface area contributed by atoms with E-state index in [-0.39, 0.29) is 0 Å². The highest BCUT2D eigenvalue weighted by Crippen LogP contribution is 2.39. The fourth-order valence-corrected chi connectivity index (χ4v) is 7.60. The highest BCUT2D eigenvalue weighted by atomic mass is 32.1. The van der Waals surface area contributed by atoms with E-state index in [1.807, 2.05) is 39.8 Å². The highest BCUT2D eigenvalue weighted by molar-refractivity contribution is 7.79. The van der Waals surface area contributed by atoms with Gasteiger partial charge in [0.25, 0.3) is 0 Å². The Hall–Kier alpha value is -6.29. The van der Waals surface area contributed by atoms with Gasteiger partial charge in [-0.25, -0.2) is 0 Å². The summed E-state index contributed by atoms with van der Waals surface area (Å²) in [5, 5.41) is 4.76.